The third-order valence-electron chi connectivity index (χ3n) is 7.49. The fourth-order valence-corrected chi connectivity index (χ4v) is 5.82. The molecule has 4 atom stereocenters. The average molecular weight is 475 g/mol. The van der Waals surface area contributed by atoms with Gasteiger partial charge >= 0.3 is 6.09 Å². The molecule has 180 valence electrons. The quantitative estimate of drug-likeness (QED) is 0.500. The molecule has 4 rings (SSSR count). The zero-order chi connectivity index (χ0) is 24.3. The van der Waals surface area contributed by atoms with Crippen LogP contribution >= 0.6 is 0 Å². The molecule has 0 spiro atoms. The van der Waals surface area contributed by atoms with Crippen LogP contribution in [0.1, 0.15) is 44.0 Å². The highest BCUT2D eigenvalue weighted by Crippen LogP contribution is 2.53. The summed E-state index contributed by atoms with van der Waals surface area (Å²) in [4.78, 5) is 30.5. The van der Waals surface area contributed by atoms with Crippen molar-refractivity contribution in [2.45, 2.75) is 70.1 Å². The minimum Gasteiger partial charge on any atom is -0.504 e. The van der Waals surface area contributed by atoms with Crippen molar-refractivity contribution in [3.8, 4) is 11.5 Å². The van der Waals surface area contributed by atoms with Crippen LogP contribution in [0.15, 0.2) is 24.8 Å². The maximum atomic E-state index is 13.8. The largest absolute Gasteiger partial charge is 0.504 e. The zero-order valence-electron chi connectivity index (χ0n) is 20.3. The number of rotatable bonds is 5. The molecular formula is C24H34N2O6Si. The second-order valence-electron chi connectivity index (χ2n) is 10.6. The smallest absolute Gasteiger partial charge is 0.416 e. The number of amides is 2. The maximum absolute atomic E-state index is 13.8. The van der Waals surface area contributed by atoms with Gasteiger partial charge in [-0.1, -0.05) is 33.4 Å². The number of phenols is 1. The zero-order valence-corrected chi connectivity index (χ0v) is 21.3. The van der Waals surface area contributed by atoms with Gasteiger partial charge in [-0.3, -0.25) is 4.79 Å². The van der Waals surface area contributed by atoms with Crippen molar-refractivity contribution < 1.29 is 28.6 Å². The number of carbonyl (C=O) groups is 2. The van der Waals surface area contributed by atoms with Gasteiger partial charge in [0, 0.05) is 12.1 Å². The van der Waals surface area contributed by atoms with E-state index in [1.165, 1.54) is 30.2 Å². The number of nitrogens with zero attached hydrogens (tertiary/aromatic N) is 2. The first kappa shape index (κ1) is 23.6. The van der Waals surface area contributed by atoms with E-state index in [9.17, 15) is 14.7 Å². The highest BCUT2D eigenvalue weighted by atomic mass is 28.4. The monoisotopic (exact) mass is 474 g/mol. The van der Waals surface area contributed by atoms with Crippen LogP contribution in [-0.2, 0) is 9.16 Å². The third-order valence-corrected chi connectivity index (χ3v) is 11.9. The molecule has 1 saturated carbocycles. The predicted molar refractivity (Wildman–Crippen MR) is 127 cm³/mol. The maximum Gasteiger partial charge on any atom is 0.416 e. The van der Waals surface area contributed by atoms with Gasteiger partial charge in [0.25, 0.3) is 5.91 Å². The number of aromatic hydroxyl groups is 1. The molecule has 1 aromatic carbocycles. The number of hydrogen-bond acceptors (Lipinski definition) is 6. The first-order chi connectivity index (χ1) is 15.4. The first-order valence-electron chi connectivity index (χ1n) is 11.4. The summed E-state index contributed by atoms with van der Waals surface area (Å²) in [6.07, 6.45) is 1.85. The van der Waals surface area contributed by atoms with Crippen LogP contribution in [-0.4, -0.2) is 62.4 Å². The van der Waals surface area contributed by atoms with Gasteiger partial charge in [-0.2, -0.15) is 0 Å². The van der Waals surface area contributed by atoms with Crippen LogP contribution in [0.4, 0.5) is 10.5 Å². The molecule has 33 heavy (non-hydrogen) atoms. The van der Waals surface area contributed by atoms with E-state index in [2.05, 4.69) is 40.4 Å². The Morgan fingerprint density at radius 2 is 1.94 bits per heavy atom. The number of benzene rings is 1. The summed E-state index contributed by atoms with van der Waals surface area (Å²) in [5, 5.41) is 10.4. The summed E-state index contributed by atoms with van der Waals surface area (Å²) in [5.41, 5.74) is 0.557. The third kappa shape index (κ3) is 3.91. The normalized spacial score (nSPS) is 26.2. The molecule has 9 heteroatoms. The van der Waals surface area contributed by atoms with Gasteiger partial charge in [0.1, 0.15) is 6.61 Å². The molecule has 0 aromatic heterocycles. The van der Waals surface area contributed by atoms with E-state index >= 15 is 0 Å². The average Bonchev–Trinajstić information content (AvgIpc) is 3.41. The fraction of sp³-hybridized carbons (Fsp3) is 0.583. The molecular weight excluding hydrogens is 440 g/mol. The van der Waals surface area contributed by atoms with Crippen molar-refractivity contribution in [3.05, 3.63) is 30.4 Å². The van der Waals surface area contributed by atoms with Crippen molar-refractivity contribution in [2.75, 3.05) is 18.6 Å². The lowest BCUT2D eigenvalue weighted by molar-refractivity contribution is 0.0458. The minimum absolute atomic E-state index is 0.0210. The Morgan fingerprint density at radius 3 is 2.55 bits per heavy atom. The number of ether oxygens (including phenoxy) is 2. The fourth-order valence-electron chi connectivity index (χ4n) is 4.60. The molecule has 2 aliphatic heterocycles. The van der Waals surface area contributed by atoms with E-state index in [4.69, 9.17) is 13.9 Å². The molecule has 1 unspecified atom stereocenters. The molecule has 2 heterocycles. The minimum atomic E-state index is -2.37. The molecule has 1 saturated heterocycles. The van der Waals surface area contributed by atoms with E-state index in [-0.39, 0.29) is 46.8 Å². The number of anilines is 1. The van der Waals surface area contributed by atoms with Crippen LogP contribution in [0.25, 0.3) is 0 Å². The van der Waals surface area contributed by atoms with Crippen LogP contribution in [0, 0.1) is 5.92 Å². The van der Waals surface area contributed by atoms with E-state index in [0.717, 1.165) is 12.8 Å². The van der Waals surface area contributed by atoms with E-state index in [0.29, 0.717) is 11.5 Å². The Bertz CT molecular complexity index is 988. The van der Waals surface area contributed by atoms with E-state index in [1.54, 1.807) is 0 Å². The van der Waals surface area contributed by atoms with Gasteiger partial charge < -0.3 is 23.9 Å². The predicted octanol–water partition coefficient (Wildman–Crippen LogP) is 4.49. The SMILES string of the molecule is C=CCOC(=O)N1c2cc(O)c(OC)cc2C(=O)N2[C@@H](C[C@@H]3C[C@@H]32)C1O[Si](C)(C)C(C)(C)C. The number of carbonyl (C=O) groups excluding carboxylic acids is 2. The Hall–Kier alpha value is -2.52. The summed E-state index contributed by atoms with van der Waals surface area (Å²) in [7, 11) is -0.942. The second-order valence-corrected chi connectivity index (χ2v) is 15.4. The van der Waals surface area contributed by atoms with Gasteiger partial charge in [0.15, 0.2) is 26.0 Å². The van der Waals surface area contributed by atoms with Crippen molar-refractivity contribution in [1.82, 2.24) is 4.90 Å². The lowest BCUT2D eigenvalue weighted by atomic mass is 10.1. The number of phenolic OH excluding ortho intramolecular Hbond substituents is 1. The number of methoxy groups -OCH3 is 1. The summed E-state index contributed by atoms with van der Waals surface area (Å²) < 4.78 is 17.6. The molecule has 1 N–H and O–H groups in total. The van der Waals surface area contributed by atoms with Crippen LogP contribution in [0.2, 0.25) is 18.1 Å². The summed E-state index contributed by atoms with van der Waals surface area (Å²) in [6, 6.07) is 2.75. The Balaban J connectivity index is 1.90. The highest BCUT2D eigenvalue weighted by molar-refractivity contribution is 6.74. The molecule has 1 aromatic rings. The van der Waals surface area contributed by atoms with Gasteiger partial charge in [0.2, 0.25) is 0 Å². The lowest BCUT2D eigenvalue weighted by Crippen LogP contribution is -2.58. The highest BCUT2D eigenvalue weighted by Gasteiger charge is 2.60. The van der Waals surface area contributed by atoms with Crippen molar-refractivity contribution in [3.63, 3.8) is 0 Å². The van der Waals surface area contributed by atoms with Gasteiger partial charge in [0.05, 0.1) is 24.4 Å². The summed E-state index contributed by atoms with van der Waals surface area (Å²) >= 11 is 0. The second kappa shape index (κ2) is 8.05. The van der Waals surface area contributed by atoms with Gasteiger partial charge in [-0.05, 0) is 43.0 Å². The Kier molecular flexibility index (Phi) is 5.77. The van der Waals surface area contributed by atoms with Crippen LogP contribution < -0.4 is 9.64 Å². The van der Waals surface area contributed by atoms with Crippen LogP contribution in [0.5, 0.6) is 11.5 Å². The topological polar surface area (TPSA) is 88.5 Å². The van der Waals surface area contributed by atoms with Gasteiger partial charge in [-0.15, -0.1) is 0 Å². The summed E-state index contributed by atoms with van der Waals surface area (Å²) in [5.74, 6) is 0.244. The van der Waals surface area contributed by atoms with E-state index in [1.807, 2.05) is 4.90 Å². The standard InChI is InChI=1S/C24H34N2O6Si/c1-8-9-31-23(29)26-17-13-19(27)20(30-5)12-15(17)21(28)25-16-10-14(16)11-18(25)22(26)32-33(6,7)24(2,3)4/h8,12-14,16,18,22,27H,1,9-11H2,2-7H3/t14-,16-,18-,22?/m0/s1. The molecule has 2 fully saturated rings. The molecule has 0 radical (unpaired) electrons. The molecule has 0 bridgehead atoms. The lowest BCUT2D eigenvalue weighted by Gasteiger charge is -2.44. The van der Waals surface area contributed by atoms with E-state index < -0.39 is 20.6 Å². The number of fused-ring (bicyclic) bond motifs is 4. The molecule has 2 amide bonds. The number of hydrogen-bond donors (Lipinski definition) is 1. The Morgan fingerprint density at radius 1 is 1.27 bits per heavy atom. The Labute approximate surface area is 196 Å². The molecule has 3 aliphatic rings. The van der Waals surface area contributed by atoms with Crippen molar-refractivity contribution in [2.24, 2.45) is 5.92 Å². The number of piperidine rings is 1. The van der Waals surface area contributed by atoms with Crippen molar-refractivity contribution >= 4 is 26.0 Å². The van der Waals surface area contributed by atoms with Gasteiger partial charge in [-0.25, -0.2) is 9.69 Å². The van der Waals surface area contributed by atoms with Crippen molar-refractivity contribution in [1.29, 1.82) is 0 Å². The first-order valence-corrected chi connectivity index (χ1v) is 14.3. The molecule has 8 nitrogen and oxygen atoms in total. The molecule has 1 aliphatic carbocycles. The summed E-state index contributed by atoms with van der Waals surface area (Å²) in [6.45, 7) is 14.3. The van der Waals surface area contributed by atoms with Crippen LogP contribution in [0.3, 0.4) is 0 Å².